The summed E-state index contributed by atoms with van der Waals surface area (Å²) in [7, 11) is 0. The number of aromatic nitrogens is 6. The molecule has 6 rings (SSSR count). The summed E-state index contributed by atoms with van der Waals surface area (Å²) in [5.74, 6) is 0.653. The lowest BCUT2D eigenvalue weighted by Crippen LogP contribution is -2.19. The Morgan fingerprint density at radius 2 is 1.76 bits per heavy atom. The number of fused-ring (bicyclic) bond motifs is 2. The van der Waals surface area contributed by atoms with E-state index in [2.05, 4.69) is 36.5 Å². The number of hydrogen-bond acceptors (Lipinski definition) is 5. The number of para-hydroxylation sites is 1. The van der Waals surface area contributed by atoms with E-state index < -0.39 is 0 Å². The third-order valence-corrected chi connectivity index (χ3v) is 6.32. The highest BCUT2D eigenvalue weighted by atomic mass is 16.1. The van der Waals surface area contributed by atoms with Gasteiger partial charge in [-0.1, -0.05) is 45.0 Å². The summed E-state index contributed by atoms with van der Waals surface area (Å²) in [6.45, 7) is 6.13. The number of rotatable bonds is 5. The number of benzene rings is 2. The average Bonchev–Trinajstić information content (AvgIpc) is 3.51. The fourth-order valence-electron chi connectivity index (χ4n) is 4.63. The van der Waals surface area contributed by atoms with Crippen LogP contribution in [0.25, 0.3) is 55.7 Å². The monoisotopic (exact) mass is 501 g/mol. The van der Waals surface area contributed by atoms with Gasteiger partial charge < -0.3 is 10.3 Å². The molecule has 0 radical (unpaired) electrons. The highest BCUT2D eigenvalue weighted by molar-refractivity contribution is 5.98. The number of carbonyl (C=O) groups excluding carboxylic acids is 1. The molecule has 8 nitrogen and oxygen atoms in total. The molecule has 0 aliphatic carbocycles. The van der Waals surface area contributed by atoms with Gasteiger partial charge in [-0.15, -0.1) is 0 Å². The molecule has 4 aromatic heterocycles. The number of nitrogens with zero attached hydrogens (tertiary/aromatic N) is 4. The van der Waals surface area contributed by atoms with Crippen molar-refractivity contribution in [2.45, 2.75) is 27.2 Å². The third-order valence-electron chi connectivity index (χ3n) is 6.32. The van der Waals surface area contributed by atoms with Crippen LogP contribution in [0.5, 0.6) is 0 Å². The van der Waals surface area contributed by atoms with Crippen molar-refractivity contribution in [1.82, 2.24) is 30.1 Å². The SMILES string of the molecule is CC(C)(C)CC(=O)Nc1cncc(-c2ccc3[nH]nc(-c4nc5c(-c6cccnc6)cccc5[nH]4)c3c2)c1. The fraction of sp³-hybridized carbons (Fsp3) is 0.167. The van der Waals surface area contributed by atoms with Gasteiger partial charge in [0.2, 0.25) is 5.91 Å². The molecule has 0 atom stereocenters. The van der Waals surface area contributed by atoms with Crippen molar-refractivity contribution >= 4 is 33.5 Å². The van der Waals surface area contributed by atoms with Gasteiger partial charge in [-0.05, 0) is 41.3 Å². The van der Waals surface area contributed by atoms with Crippen LogP contribution >= 0.6 is 0 Å². The number of nitrogens with one attached hydrogen (secondary N) is 3. The first kappa shape index (κ1) is 23.5. The summed E-state index contributed by atoms with van der Waals surface area (Å²) in [5.41, 5.74) is 7.89. The molecule has 1 amide bonds. The Hall–Kier alpha value is -4.85. The zero-order valence-corrected chi connectivity index (χ0v) is 21.4. The predicted octanol–water partition coefficient (Wildman–Crippen LogP) is 6.60. The second-order valence-electron chi connectivity index (χ2n) is 10.6. The Balaban J connectivity index is 1.36. The van der Waals surface area contributed by atoms with Crippen molar-refractivity contribution in [3.05, 3.63) is 79.4 Å². The summed E-state index contributed by atoms with van der Waals surface area (Å²) in [4.78, 5) is 29.4. The number of aromatic amines is 2. The zero-order valence-electron chi connectivity index (χ0n) is 21.4. The van der Waals surface area contributed by atoms with Crippen LogP contribution in [0.4, 0.5) is 5.69 Å². The van der Waals surface area contributed by atoms with Crippen molar-refractivity contribution in [3.8, 4) is 33.8 Å². The minimum Gasteiger partial charge on any atom is -0.337 e. The lowest BCUT2D eigenvalue weighted by Gasteiger charge is -2.17. The minimum atomic E-state index is -0.0900. The molecular weight excluding hydrogens is 474 g/mol. The number of imidazole rings is 1. The molecule has 6 aromatic rings. The van der Waals surface area contributed by atoms with Crippen molar-refractivity contribution in [1.29, 1.82) is 0 Å². The van der Waals surface area contributed by atoms with E-state index in [9.17, 15) is 4.79 Å². The topological polar surface area (TPSA) is 112 Å². The number of carbonyl (C=O) groups is 1. The van der Waals surface area contributed by atoms with E-state index in [1.807, 2.05) is 75.5 Å². The summed E-state index contributed by atoms with van der Waals surface area (Å²) in [6.07, 6.45) is 7.49. The van der Waals surface area contributed by atoms with E-state index >= 15 is 0 Å². The Labute approximate surface area is 219 Å². The third kappa shape index (κ3) is 4.64. The molecule has 3 N–H and O–H groups in total. The van der Waals surface area contributed by atoms with Crippen LogP contribution in [0.15, 0.2) is 79.4 Å². The summed E-state index contributed by atoms with van der Waals surface area (Å²) in [6, 6.07) is 18.0. The van der Waals surface area contributed by atoms with Crippen LogP contribution in [0.1, 0.15) is 27.2 Å². The van der Waals surface area contributed by atoms with Crippen LogP contribution in [0.2, 0.25) is 0 Å². The standard InChI is InChI=1S/C30H27N7O/c1-30(2,3)14-26(38)33-21-12-20(16-32-17-21)18-9-10-24-23(13-18)28(37-36-24)29-34-25-8-4-7-22(27(25)35-29)19-6-5-11-31-15-19/h4-13,15-17H,14H2,1-3H3,(H,33,38)(H,34,35)(H,36,37). The molecular formula is C30H27N7O. The lowest BCUT2D eigenvalue weighted by atomic mass is 9.92. The fourth-order valence-corrected chi connectivity index (χ4v) is 4.63. The molecule has 0 spiro atoms. The van der Waals surface area contributed by atoms with E-state index in [4.69, 9.17) is 4.98 Å². The summed E-state index contributed by atoms with van der Waals surface area (Å²) >= 11 is 0. The Morgan fingerprint density at radius 1 is 0.895 bits per heavy atom. The van der Waals surface area contributed by atoms with Crippen LogP contribution in [0.3, 0.4) is 0 Å². The lowest BCUT2D eigenvalue weighted by molar-refractivity contribution is -0.117. The molecule has 0 fully saturated rings. The van der Waals surface area contributed by atoms with Gasteiger partial charge in [-0.2, -0.15) is 5.10 Å². The molecule has 8 heteroatoms. The number of pyridine rings is 2. The summed E-state index contributed by atoms with van der Waals surface area (Å²) in [5, 5.41) is 11.6. The average molecular weight is 502 g/mol. The molecule has 4 heterocycles. The van der Waals surface area contributed by atoms with Gasteiger partial charge in [-0.25, -0.2) is 4.98 Å². The highest BCUT2D eigenvalue weighted by Crippen LogP contribution is 2.33. The molecule has 0 saturated heterocycles. The second kappa shape index (κ2) is 9.23. The van der Waals surface area contributed by atoms with Gasteiger partial charge in [0.15, 0.2) is 5.82 Å². The minimum absolute atomic E-state index is 0.0282. The maximum atomic E-state index is 12.4. The van der Waals surface area contributed by atoms with Crippen LogP contribution < -0.4 is 5.32 Å². The van der Waals surface area contributed by atoms with Crippen molar-refractivity contribution in [3.63, 3.8) is 0 Å². The van der Waals surface area contributed by atoms with Crippen molar-refractivity contribution in [2.24, 2.45) is 5.41 Å². The second-order valence-corrected chi connectivity index (χ2v) is 10.6. The molecule has 0 aliphatic rings. The molecule has 2 aromatic carbocycles. The quantitative estimate of drug-likeness (QED) is 0.246. The first-order valence-electron chi connectivity index (χ1n) is 12.5. The van der Waals surface area contributed by atoms with E-state index in [-0.39, 0.29) is 11.3 Å². The number of H-pyrrole nitrogens is 2. The van der Waals surface area contributed by atoms with E-state index in [0.717, 1.165) is 49.9 Å². The van der Waals surface area contributed by atoms with E-state index in [1.165, 1.54) is 0 Å². The highest BCUT2D eigenvalue weighted by Gasteiger charge is 2.18. The van der Waals surface area contributed by atoms with Crippen LogP contribution in [-0.4, -0.2) is 36.0 Å². The van der Waals surface area contributed by atoms with E-state index in [0.29, 0.717) is 17.9 Å². The largest absolute Gasteiger partial charge is 0.337 e. The molecule has 0 unspecified atom stereocenters. The predicted molar refractivity (Wildman–Crippen MR) is 150 cm³/mol. The number of anilines is 1. The molecule has 188 valence electrons. The van der Waals surface area contributed by atoms with Gasteiger partial charge in [0.05, 0.1) is 28.4 Å². The number of hydrogen-bond donors (Lipinski definition) is 3. The maximum Gasteiger partial charge on any atom is 0.224 e. The Morgan fingerprint density at radius 3 is 2.58 bits per heavy atom. The van der Waals surface area contributed by atoms with Gasteiger partial charge in [0.25, 0.3) is 0 Å². The van der Waals surface area contributed by atoms with Crippen molar-refractivity contribution < 1.29 is 4.79 Å². The van der Waals surface area contributed by atoms with Crippen LogP contribution in [-0.2, 0) is 4.79 Å². The molecule has 38 heavy (non-hydrogen) atoms. The maximum absolute atomic E-state index is 12.4. The smallest absolute Gasteiger partial charge is 0.224 e. The van der Waals surface area contributed by atoms with E-state index in [1.54, 1.807) is 18.6 Å². The zero-order chi connectivity index (χ0) is 26.3. The molecule has 0 bridgehead atoms. The van der Waals surface area contributed by atoms with Gasteiger partial charge in [-0.3, -0.25) is 19.9 Å². The Kier molecular flexibility index (Phi) is 5.72. The number of amides is 1. The van der Waals surface area contributed by atoms with Gasteiger partial charge in [0.1, 0.15) is 5.69 Å². The van der Waals surface area contributed by atoms with Crippen molar-refractivity contribution in [2.75, 3.05) is 5.32 Å². The van der Waals surface area contributed by atoms with Gasteiger partial charge >= 0.3 is 0 Å². The van der Waals surface area contributed by atoms with Crippen LogP contribution in [0, 0.1) is 5.41 Å². The first-order valence-corrected chi connectivity index (χ1v) is 12.5. The molecule has 0 saturated carbocycles. The molecule has 0 aliphatic heterocycles. The summed E-state index contributed by atoms with van der Waals surface area (Å²) < 4.78 is 0. The normalized spacial score (nSPS) is 11.8. The Bertz CT molecular complexity index is 1780. The van der Waals surface area contributed by atoms with Gasteiger partial charge in [0, 0.05) is 47.1 Å². The first-order chi connectivity index (χ1) is 18.3.